The number of carbonyl (C=O) groups is 3. The third-order valence-electron chi connectivity index (χ3n) is 6.82. The largest absolute Gasteiger partial charge is 0.496 e. The number of para-hydroxylation sites is 1. The van der Waals surface area contributed by atoms with E-state index in [-0.39, 0.29) is 0 Å². The highest BCUT2D eigenvalue weighted by Gasteiger charge is 2.55. The molecule has 1 heterocycles. The summed E-state index contributed by atoms with van der Waals surface area (Å²) in [5, 5.41) is 10.3. The molecule has 1 fully saturated rings. The summed E-state index contributed by atoms with van der Waals surface area (Å²) < 4.78 is 35.6. The van der Waals surface area contributed by atoms with E-state index in [9.17, 15) is 19.5 Å². The highest BCUT2D eigenvalue weighted by molar-refractivity contribution is 5.68. The van der Waals surface area contributed by atoms with Crippen LogP contribution in [0, 0.1) is 0 Å². The van der Waals surface area contributed by atoms with Gasteiger partial charge in [-0.05, 0) is 17.2 Å². The molecule has 1 N–H and O–H groups in total. The van der Waals surface area contributed by atoms with Gasteiger partial charge in [0.25, 0.3) is 0 Å². The smallest absolute Gasteiger partial charge is 0.303 e. The average molecular weight is 579 g/mol. The fraction of sp³-hybridized carbons (Fsp3) is 0.344. The molecule has 3 aromatic rings. The number of benzene rings is 3. The standard InChI is InChI=1S/C32H34O10/c1-20(34)38-28-27(19-33)41-31(30(40-22(3)36)29(28)39-21(2)35)42-32(23-13-7-5-8-14-23,24-15-9-6-10-16-24)25-17-11-12-18-26(25)37-4/h5-18,27-31,33H,19H2,1-4H3/t27-,28-,29+,30+,31-/m1/s1. The van der Waals surface area contributed by atoms with Gasteiger partial charge in [0, 0.05) is 26.3 Å². The van der Waals surface area contributed by atoms with Crippen molar-refractivity contribution in [1.29, 1.82) is 0 Å². The SMILES string of the molecule is COc1ccccc1C(O[C@H]1O[C@H](CO)[C@@H](OC(C)=O)[C@H](OC(C)=O)[C@@H]1OC(C)=O)(c1ccccc1)c1ccccc1. The van der Waals surface area contributed by atoms with Crippen molar-refractivity contribution in [1.82, 2.24) is 0 Å². The molecule has 5 atom stereocenters. The van der Waals surface area contributed by atoms with Crippen molar-refractivity contribution in [3.63, 3.8) is 0 Å². The lowest BCUT2D eigenvalue weighted by Crippen LogP contribution is -2.63. The maximum Gasteiger partial charge on any atom is 0.303 e. The number of carbonyl (C=O) groups excluding carboxylic acids is 3. The molecule has 0 saturated carbocycles. The molecule has 4 rings (SSSR count). The quantitative estimate of drug-likeness (QED) is 0.217. The monoisotopic (exact) mass is 578 g/mol. The van der Waals surface area contributed by atoms with Crippen LogP contribution in [0.5, 0.6) is 5.75 Å². The average Bonchev–Trinajstić information content (AvgIpc) is 2.98. The molecule has 0 unspecified atom stereocenters. The van der Waals surface area contributed by atoms with Crippen LogP contribution in [0.4, 0.5) is 0 Å². The molecule has 0 bridgehead atoms. The van der Waals surface area contributed by atoms with Gasteiger partial charge >= 0.3 is 17.9 Å². The van der Waals surface area contributed by atoms with Gasteiger partial charge in [0.2, 0.25) is 6.29 Å². The summed E-state index contributed by atoms with van der Waals surface area (Å²) >= 11 is 0. The Bertz CT molecular complexity index is 1320. The van der Waals surface area contributed by atoms with Gasteiger partial charge in [-0.3, -0.25) is 14.4 Å². The van der Waals surface area contributed by atoms with E-state index in [4.69, 9.17) is 28.4 Å². The van der Waals surface area contributed by atoms with E-state index < -0.39 is 60.8 Å². The van der Waals surface area contributed by atoms with Crippen LogP contribution in [0.15, 0.2) is 84.9 Å². The Kier molecular flexibility index (Phi) is 9.95. The molecule has 1 aliphatic heterocycles. The molecule has 1 saturated heterocycles. The Hall–Kier alpha value is -4.25. The Morgan fingerprint density at radius 3 is 1.69 bits per heavy atom. The maximum absolute atomic E-state index is 12.4. The third kappa shape index (κ3) is 6.46. The van der Waals surface area contributed by atoms with E-state index in [1.54, 1.807) is 13.2 Å². The van der Waals surface area contributed by atoms with Crippen molar-refractivity contribution in [2.75, 3.05) is 13.7 Å². The molecular formula is C32H34O10. The van der Waals surface area contributed by atoms with Gasteiger partial charge in [-0.15, -0.1) is 0 Å². The number of rotatable bonds is 10. The van der Waals surface area contributed by atoms with E-state index in [0.29, 0.717) is 22.4 Å². The number of hydrogen-bond acceptors (Lipinski definition) is 10. The van der Waals surface area contributed by atoms with E-state index in [2.05, 4.69) is 0 Å². The first-order chi connectivity index (χ1) is 20.2. The molecule has 1 aliphatic rings. The molecule has 10 heteroatoms. The normalized spacial score (nSPS) is 22.1. The van der Waals surface area contributed by atoms with Gasteiger partial charge in [0.1, 0.15) is 11.9 Å². The lowest BCUT2D eigenvalue weighted by Gasteiger charge is -2.47. The molecular weight excluding hydrogens is 544 g/mol. The lowest BCUT2D eigenvalue weighted by atomic mass is 9.79. The maximum atomic E-state index is 12.4. The number of ether oxygens (including phenoxy) is 6. The zero-order valence-corrected chi connectivity index (χ0v) is 23.8. The summed E-state index contributed by atoms with van der Waals surface area (Å²) in [6.45, 7) is 2.89. The molecule has 0 radical (unpaired) electrons. The van der Waals surface area contributed by atoms with Crippen molar-refractivity contribution in [2.24, 2.45) is 0 Å². The second-order valence-electron chi connectivity index (χ2n) is 9.68. The Balaban J connectivity index is 1.98. The van der Waals surface area contributed by atoms with Crippen LogP contribution in [0.2, 0.25) is 0 Å². The molecule has 3 aromatic carbocycles. The van der Waals surface area contributed by atoms with Crippen LogP contribution < -0.4 is 4.74 Å². The summed E-state index contributed by atoms with van der Waals surface area (Å²) in [4.78, 5) is 36.7. The highest BCUT2D eigenvalue weighted by atomic mass is 16.7. The van der Waals surface area contributed by atoms with Gasteiger partial charge < -0.3 is 33.5 Å². The molecule has 0 spiro atoms. The van der Waals surface area contributed by atoms with Gasteiger partial charge in [-0.2, -0.15) is 0 Å². The van der Waals surface area contributed by atoms with E-state index in [0.717, 1.165) is 0 Å². The number of methoxy groups -OCH3 is 1. The van der Waals surface area contributed by atoms with Crippen molar-refractivity contribution >= 4 is 17.9 Å². The van der Waals surface area contributed by atoms with Crippen molar-refractivity contribution in [3.8, 4) is 5.75 Å². The first-order valence-corrected chi connectivity index (χ1v) is 13.4. The Morgan fingerprint density at radius 2 is 1.19 bits per heavy atom. The van der Waals surface area contributed by atoms with Gasteiger partial charge in [-0.25, -0.2) is 0 Å². The number of aliphatic hydroxyl groups excluding tert-OH is 1. The van der Waals surface area contributed by atoms with Crippen LogP contribution in [0.25, 0.3) is 0 Å². The third-order valence-corrected chi connectivity index (χ3v) is 6.82. The lowest BCUT2D eigenvalue weighted by molar-refractivity contribution is -0.323. The molecule has 0 aliphatic carbocycles. The van der Waals surface area contributed by atoms with Crippen molar-refractivity contribution in [3.05, 3.63) is 102 Å². The molecule has 222 valence electrons. The summed E-state index contributed by atoms with van der Waals surface area (Å²) in [6.07, 6.45) is -6.70. The van der Waals surface area contributed by atoms with Crippen LogP contribution in [0.1, 0.15) is 37.5 Å². The first kappa shape index (κ1) is 30.7. The van der Waals surface area contributed by atoms with Crippen molar-refractivity contribution < 1.29 is 47.9 Å². The first-order valence-electron chi connectivity index (χ1n) is 13.4. The molecule has 0 aromatic heterocycles. The Morgan fingerprint density at radius 1 is 0.714 bits per heavy atom. The second kappa shape index (κ2) is 13.6. The molecule has 10 nitrogen and oxygen atoms in total. The minimum Gasteiger partial charge on any atom is -0.496 e. The minimum absolute atomic E-state index is 0.498. The topological polar surface area (TPSA) is 127 Å². The van der Waals surface area contributed by atoms with Crippen LogP contribution in [-0.4, -0.2) is 67.4 Å². The fourth-order valence-electron chi connectivity index (χ4n) is 5.23. The van der Waals surface area contributed by atoms with Gasteiger partial charge in [0.05, 0.1) is 13.7 Å². The number of hydrogen-bond donors (Lipinski definition) is 1. The van der Waals surface area contributed by atoms with Crippen molar-refractivity contribution in [2.45, 2.75) is 57.1 Å². The van der Waals surface area contributed by atoms with Crippen LogP contribution >= 0.6 is 0 Å². The number of aliphatic hydroxyl groups is 1. The van der Waals surface area contributed by atoms with E-state index >= 15 is 0 Å². The Labute approximate surface area is 244 Å². The minimum atomic E-state index is -1.44. The predicted octanol–water partition coefficient (Wildman–Crippen LogP) is 3.52. The van der Waals surface area contributed by atoms with Crippen LogP contribution in [-0.2, 0) is 43.7 Å². The number of esters is 3. The predicted molar refractivity (Wildman–Crippen MR) is 149 cm³/mol. The zero-order chi connectivity index (χ0) is 30.3. The molecule has 0 amide bonds. The summed E-state index contributed by atoms with van der Waals surface area (Å²) in [5.74, 6) is -1.66. The zero-order valence-electron chi connectivity index (χ0n) is 23.8. The molecule has 42 heavy (non-hydrogen) atoms. The summed E-state index contributed by atoms with van der Waals surface area (Å²) in [7, 11) is 1.54. The van der Waals surface area contributed by atoms with Gasteiger partial charge in [-0.1, -0.05) is 78.9 Å². The van der Waals surface area contributed by atoms with Gasteiger partial charge in [0.15, 0.2) is 23.9 Å². The van der Waals surface area contributed by atoms with E-state index in [1.165, 1.54) is 20.8 Å². The second-order valence-corrected chi connectivity index (χ2v) is 9.68. The van der Waals surface area contributed by atoms with E-state index in [1.807, 2.05) is 78.9 Å². The highest BCUT2D eigenvalue weighted by Crippen LogP contribution is 2.47. The van der Waals surface area contributed by atoms with Crippen LogP contribution in [0.3, 0.4) is 0 Å². The fourth-order valence-corrected chi connectivity index (χ4v) is 5.23. The summed E-state index contributed by atoms with van der Waals surface area (Å²) in [5.41, 5.74) is 0.518. The summed E-state index contributed by atoms with van der Waals surface area (Å²) in [6, 6.07) is 25.9.